The first-order chi connectivity index (χ1) is 13.8. The third-order valence-corrected chi connectivity index (χ3v) is 4.59. The van der Waals surface area contributed by atoms with E-state index in [1.165, 1.54) is 43.3 Å². The summed E-state index contributed by atoms with van der Waals surface area (Å²) in [6, 6.07) is 9.94. The van der Waals surface area contributed by atoms with Crippen LogP contribution in [0, 0.1) is 15.9 Å². The maximum Gasteiger partial charge on any atom is 0.269 e. The van der Waals surface area contributed by atoms with Crippen LogP contribution >= 0.6 is 11.3 Å². The minimum absolute atomic E-state index is 0.0205. The summed E-state index contributed by atoms with van der Waals surface area (Å²) in [4.78, 5) is 37.6. The third kappa shape index (κ3) is 5.20. The molecule has 0 radical (unpaired) electrons. The van der Waals surface area contributed by atoms with E-state index in [1.54, 1.807) is 11.4 Å². The molecule has 2 amide bonds. The van der Waals surface area contributed by atoms with Crippen LogP contribution in [-0.4, -0.2) is 21.7 Å². The average molecular weight is 414 g/mol. The number of aromatic nitrogens is 1. The molecule has 2 aromatic carbocycles. The lowest BCUT2D eigenvalue weighted by Gasteiger charge is -2.05. The number of nitro groups is 1. The molecule has 0 aliphatic carbocycles. The molecule has 8 nitrogen and oxygen atoms in total. The minimum Gasteiger partial charge on any atom is -0.326 e. The van der Waals surface area contributed by atoms with Crippen LogP contribution in [0.2, 0.25) is 0 Å². The number of benzene rings is 2. The smallest absolute Gasteiger partial charge is 0.269 e. The van der Waals surface area contributed by atoms with Crippen molar-refractivity contribution in [3.63, 3.8) is 0 Å². The van der Waals surface area contributed by atoms with Crippen molar-refractivity contribution in [1.29, 1.82) is 0 Å². The van der Waals surface area contributed by atoms with Gasteiger partial charge in [0.15, 0.2) is 5.13 Å². The summed E-state index contributed by atoms with van der Waals surface area (Å²) in [5, 5.41) is 17.7. The van der Waals surface area contributed by atoms with Crippen molar-refractivity contribution in [2.75, 3.05) is 10.6 Å². The highest BCUT2D eigenvalue weighted by molar-refractivity contribution is 7.14. The van der Waals surface area contributed by atoms with Crippen LogP contribution < -0.4 is 10.6 Å². The van der Waals surface area contributed by atoms with E-state index in [0.29, 0.717) is 22.1 Å². The molecule has 0 unspecified atom stereocenters. The van der Waals surface area contributed by atoms with E-state index in [1.807, 2.05) is 0 Å². The Bertz CT molecular complexity index is 1080. The predicted octanol–water partition coefficient (Wildman–Crippen LogP) is 4.00. The fourth-order valence-corrected chi connectivity index (χ4v) is 3.27. The van der Waals surface area contributed by atoms with Crippen molar-refractivity contribution in [3.05, 3.63) is 69.3 Å². The van der Waals surface area contributed by atoms with Gasteiger partial charge in [0.1, 0.15) is 5.82 Å². The quantitative estimate of drug-likeness (QED) is 0.467. The summed E-state index contributed by atoms with van der Waals surface area (Å²) in [5.41, 5.74) is 1.50. The number of carbonyl (C=O) groups excluding carboxylic acids is 2. The molecule has 3 aromatic rings. The topological polar surface area (TPSA) is 114 Å². The van der Waals surface area contributed by atoms with Gasteiger partial charge in [-0.25, -0.2) is 9.37 Å². The van der Waals surface area contributed by atoms with Gasteiger partial charge in [-0.2, -0.15) is 0 Å². The molecule has 29 heavy (non-hydrogen) atoms. The minimum atomic E-state index is -0.551. The maximum absolute atomic E-state index is 14.3. The SMILES string of the molecule is CC(=O)Nc1ccc(-c2csc(NC(=O)Cc3ccc([N+](=O)[O-])cc3)n2)c(F)c1. The molecular weight excluding hydrogens is 399 g/mol. The zero-order valence-corrected chi connectivity index (χ0v) is 16.0. The number of non-ortho nitro benzene ring substituents is 1. The Balaban J connectivity index is 1.66. The highest BCUT2D eigenvalue weighted by atomic mass is 32.1. The van der Waals surface area contributed by atoms with Gasteiger partial charge in [0, 0.05) is 35.7 Å². The maximum atomic E-state index is 14.3. The first-order valence-electron chi connectivity index (χ1n) is 8.38. The molecule has 1 aromatic heterocycles. The van der Waals surface area contributed by atoms with Crippen molar-refractivity contribution in [1.82, 2.24) is 4.98 Å². The molecule has 0 spiro atoms. The second-order valence-electron chi connectivity index (χ2n) is 6.06. The van der Waals surface area contributed by atoms with Crippen molar-refractivity contribution >= 4 is 39.7 Å². The number of rotatable bonds is 6. The number of hydrogen-bond acceptors (Lipinski definition) is 6. The van der Waals surface area contributed by atoms with E-state index < -0.39 is 10.7 Å². The number of nitrogens with one attached hydrogen (secondary N) is 2. The van der Waals surface area contributed by atoms with Gasteiger partial charge in [0.2, 0.25) is 11.8 Å². The summed E-state index contributed by atoms with van der Waals surface area (Å²) in [6.45, 7) is 1.33. The van der Waals surface area contributed by atoms with E-state index in [9.17, 15) is 24.1 Å². The van der Waals surface area contributed by atoms with Gasteiger partial charge in [-0.15, -0.1) is 11.3 Å². The summed E-state index contributed by atoms with van der Waals surface area (Å²) < 4.78 is 14.3. The Labute approximate surface area is 168 Å². The molecule has 0 fully saturated rings. The molecular formula is C19H15FN4O4S. The van der Waals surface area contributed by atoms with Crippen LogP contribution in [0.4, 0.5) is 20.9 Å². The normalized spacial score (nSPS) is 10.4. The van der Waals surface area contributed by atoms with Gasteiger partial charge in [-0.1, -0.05) is 12.1 Å². The lowest BCUT2D eigenvalue weighted by molar-refractivity contribution is -0.384. The Kier molecular flexibility index (Phi) is 5.93. The molecule has 0 saturated carbocycles. The Morgan fingerprint density at radius 2 is 1.90 bits per heavy atom. The summed E-state index contributed by atoms with van der Waals surface area (Å²) in [7, 11) is 0. The van der Waals surface area contributed by atoms with Crippen LogP contribution in [-0.2, 0) is 16.0 Å². The molecule has 2 N–H and O–H groups in total. The number of hydrogen-bond donors (Lipinski definition) is 2. The molecule has 1 heterocycles. The Morgan fingerprint density at radius 3 is 2.52 bits per heavy atom. The zero-order valence-electron chi connectivity index (χ0n) is 15.1. The van der Waals surface area contributed by atoms with Crippen molar-refractivity contribution < 1.29 is 18.9 Å². The number of nitro benzene ring substituents is 1. The molecule has 0 aliphatic rings. The lowest BCUT2D eigenvalue weighted by atomic mass is 10.1. The lowest BCUT2D eigenvalue weighted by Crippen LogP contribution is -2.14. The number of amides is 2. The van der Waals surface area contributed by atoms with E-state index >= 15 is 0 Å². The van der Waals surface area contributed by atoms with Crippen molar-refractivity contribution in [2.24, 2.45) is 0 Å². The van der Waals surface area contributed by atoms with Crippen LogP contribution in [0.15, 0.2) is 47.8 Å². The van der Waals surface area contributed by atoms with Crippen LogP contribution in [0.3, 0.4) is 0 Å². The van der Waals surface area contributed by atoms with Gasteiger partial charge < -0.3 is 10.6 Å². The average Bonchev–Trinajstić information content (AvgIpc) is 3.09. The largest absolute Gasteiger partial charge is 0.326 e. The number of thiazole rings is 1. The predicted molar refractivity (Wildman–Crippen MR) is 107 cm³/mol. The molecule has 10 heteroatoms. The van der Waals surface area contributed by atoms with Gasteiger partial charge in [0.05, 0.1) is 17.0 Å². The fraction of sp³-hybridized carbons (Fsp3) is 0.105. The first-order valence-corrected chi connectivity index (χ1v) is 9.26. The number of nitrogens with zero attached hydrogens (tertiary/aromatic N) is 2. The monoisotopic (exact) mass is 414 g/mol. The highest BCUT2D eigenvalue weighted by Crippen LogP contribution is 2.28. The molecule has 0 saturated heterocycles. The van der Waals surface area contributed by atoms with E-state index in [2.05, 4.69) is 15.6 Å². The molecule has 0 atom stereocenters. The first kappa shape index (κ1) is 20.1. The molecule has 148 valence electrons. The molecule has 0 aliphatic heterocycles. The van der Waals surface area contributed by atoms with Crippen molar-refractivity contribution in [2.45, 2.75) is 13.3 Å². The second-order valence-corrected chi connectivity index (χ2v) is 6.92. The Morgan fingerprint density at radius 1 is 1.17 bits per heavy atom. The van der Waals surface area contributed by atoms with Gasteiger partial charge in [-0.05, 0) is 23.8 Å². The fourth-order valence-electron chi connectivity index (χ4n) is 2.54. The zero-order chi connectivity index (χ0) is 21.0. The third-order valence-electron chi connectivity index (χ3n) is 3.83. The Hall–Kier alpha value is -3.66. The highest BCUT2D eigenvalue weighted by Gasteiger charge is 2.13. The van der Waals surface area contributed by atoms with E-state index in [4.69, 9.17) is 0 Å². The summed E-state index contributed by atoms with van der Waals surface area (Å²) in [6.07, 6.45) is 0.0205. The number of carbonyl (C=O) groups is 2. The van der Waals surface area contributed by atoms with Gasteiger partial charge >= 0.3 is 0 Å². The van der Waals surface area contributed by atoms with Gasteiger partial charge in [0.25, 0.3) is 5.69 Å². The molecule has 3 rings (SSSR count). The number of anilines is 2. The standard InChI is InChI=1S/C19H15FN4O4S/c1-11(25)21-13-4-7-15(16(20)9-13)17-10-29-19(22-17)23-18(26)8-12-2-5-14(6-3-12)24(27)28/h2-7,9-10H,8H2,1H3,(H,21,25)(H,22,23,26). The van der Waals surface area contributed by atoms with Crippen molar-refractivity contribution in [3.8, 4) is 11.3 Å². The molecule has 0 bridgehead atoms. The van der Waals surface area contributed by atoms with Crippen LogP contribution in [0.5, 0.6) is 0 Å². The summed E-state index contributed by atoms with van der Waals surface area (Å²) >= 11 is 1.14. The summed E-state index contributed by atoms with van der Waals surface area (Å²) in [5.74, 6) is -1.20. The van der Waals surface area contributed by atoms with E-state index in [0.717, 1.165) is 11.3 Å². The van der Waals surface area contributed by atoms with Crippen LogP contribution in [0.25, 0.3) is 11.3 Å². The van der Waals surface area contributed by atoms with Gasteiger partial charge in [-0.3, -0.25) is 19.7 Å². The second kappa shape index (κ2) is 8.57. The van der Waals surface area contributed by atoms with Crippen LogP contribution in [0.1, 0.15) is 12.5 Å². The number of halogens is 1. The van der Waals surface area contributed by atoms with E-state index in [-0.39, 0.29) is 29.5 Å².